The third-order valence-corrected chi connectivity index (χ3v) is 4.23. The van der Waals surface area contributed by atoms with Gasteiger partial charge in [-0.15, -0.1) is 0 Å². The summed E-state index contributed by atoms with van der Waals surface area (Å²) in [6, 6.07) is 0. The van der Waals surface area contributed by atoms with E-state index in [9.17, 15) is 0 Å². The monoisotopic (exact) mass is 216 g/mol. The molecular formula is C6H17O6P. The molecule has 0 radical (unpaired) electrons. The molecule has 0 aliphatic heterocycles. The van der Waals surface area contributed by atoms with Crippen LogP contribution in [0, 0.1) is 0 Å². The minimum absolute atomic E-state index is 0.439. The van der Waals surface area contributed by atoms with E-state index in [1.54, 1.807) is 0 Å². The van der Waals surface area contributed by atoms with Crippen LogP contribution in [0.4, 0.5) is 0 Å². The molecule has 13 heavy (non-hydrogen) atoms. The molecule has 0 rings (SSSR count). The van der Waals surface area contributed by atoms with E-state index in [1.165, 1.54) is 0 Å². The summed E-state index contributed by atoms with van der Waals surface area (Å²) in [7, 11) is -3.05. The van der Waals surface area contributed by atoms with Crippen molar-refractivity contribution in [2.75, 3.05) is 26.5 Å². The van der Waals surface area contributed by atoms with Crippen LogP contribution < -0.4 is 0 Å². The molecule has 0 unspecified atom stereocenters. The van der Waals surface area contributed by atoms with Crippen molar-refractivity contribution in [1.29, 1.82) is 0 Å². The summed E-state index contributed by atoms with van der Waals surface area (Å²) in [6.07, 6.45) is 1.15. The van der Waals surface area contributed by atoms with Gasteiger partial charge in [0.05, 0.1) is 0 Å². The predicted molar refractivity (Wildman–Crippen MR) is 48.0 cm³/mol. The van der Waals surface area contributed by atoms with Gasteiger partial charge in [-0.2, -0.15) is 0 Å². The van der Waals surface area contributed by atoms with Gasteiger partial charge in [-0.25, -0.2) is 0 Å². The first kappa shape index (κ1) is 13.2. The molecule has 0 bridgehead atoms. The molecule has 0 aromatic carbocycles. The average molecular weight is 216 g/mol. The molecule has 0 aliphatic rings. The van der Waals surface area contributed by atoms with Crippen LogP contribution in [0.1, 0.15) is 13.3 Å². The number of hydrogen-bond donors (Lipinski definition) is 3. The van der Waals surface area contributed by atoms with Crippen LogP contribution in [0.3, 0.4) is 0 Å². The fraction of sp³-hybridized carbons (Fsp3) is 1.00. The van der Waals surface area contributed by atoms with E-state index < -0.39 is 28.3 Å². The Hall–Kier alpha value is 0.190. The quantitative estimate of drug-likeness (QED) is 0.384. The topological polar surface area (TPSA) is 88.4 Å². The molecule has 0 aromatic heterocycles. The molecule has 0 saturated carbocycles. The molecule has 82 valence electrons. The zero-order valence-electron chi connectivity index (χ0n) is 7.60. The van der Waals surface area contributed by atoms with Gasteiger partial charge in [-0.3, -0.25) is 0 Å². The maximum atomic E-state index is 8.57. The number of rotatable bonds is 8. The van der Waals surface area contributed by atoms with Crippen LogP contribution in [0.5, 0.6) is 0 Å². The van der Waals surface area contributed by atoms with E-state index in [4.69, 9.17) is 28.9 Å². The first-order chi connectivity index (χ1) is 6.24. The zero-order valence-corrected chi connectivity index (χ0v) is 8.60. The number of aliphatic hydroxyl groups excluding tert-OH is 3. The van der Waals surface area contributed by atoms with Crippen LogP contribution >= 0.6 is 7.94 Å². The SMILES string of the molecule is CCC[PH](OCO)(OCO)OCO. The molecular weight excluding hydrogens is 199 g/mol. The summed E-state index contributed by atoms with van der Waals surface area (Å²) in [4.78, 5) is 0. The second-order valence-electron chi connectivity index (χ2n) is 2.25. The van der Waals surface area contributed by atoms with Gasteiger partial charge in [0, 0.05) is 0 Å². The molecule has 6 nitrogen and oxygen atoms in total. The van der Waals surface area contributed by atoms with Crippen LogP contribution in [0.15, 0.2) is 0 Å². The Bertz CT molecular complexity index is 92.2. The Morgan fingerprint density at radius 3 is 1.54 bits per heavy atom. The van der Waals surface area contributed by atoms with Crippen molar-refractivity contribution in [3.05, 3.63) is 0 Å². The Balaban J connectivity index is 4.19. The number of hydrogen-bond acceptors (Lipinski definition) is 6. The van der Waals surface area contributed by atoms with Crippen LogP contribution in [0.25, 0.3) is 0 Å². The van der Waals surface area contributed by atoms with Gasteiger partial charge in [0.2, 0.25) is 0 Å². The summed E-state index contributed by atoms with van der Waals surface area (Å²) < 4.78 is 14.6. The second-order valence-corrected chi connectivity index (χ2v) is 4.99. The van der Waals surface area contributed by atoms with E-state index >= 15 is 0 Å². The van der Waals surface area contributed by atoms with Gasteiger partial charge in [0.1, 0.15) is 0 Å². The fourth-order valence-electron chi connectivity index (χ4n) is 0.943. The average Bonchev–Trinajstić information content (AvgIpc) is 2.06. The Morgan fingerprint density at radius 1 is 0.923 bits per heavy atom. The summed E-state index contributed by atoms with van der Waals surface area (Å²) in [5.74, 6) is 0. The Labute approximate surface area is 77.6 Å². The van der Waals surface area contributed by atoms with E-state index in [1.807, 2.05) is 6.92 Å². The molecule has 0 amide bonds. The predicted octanol–water partition coefficient (Wildman–Crippen LogP) is -0.210. The zero-order chi connectivity index (χ0) is 10.2. The summed E-state index contributed by atoms with van der Waals surface area (Å²) in [6.45, 7) is 0.231. The van der Waals surface area contributed by atoms with Gasteiger partial charge < -0.3 is 0 Å². The fourth-order valence-corrected chi connectivity index (χ4v) is 2.83. The molecule has 0 heterocycles. The molecule has 0 aromatic rings. The molecule has 0 atom stereocenters. The Morgan fingerprint density at radius 2 is 1.31 bits per heavy atom. The molecule has 3 N–H and O–H groups in total. The van der Waals surface area contributed by atoms with Gasteiger partial charge in [-0.05, 0) is 0 Å². The van der Waals surface area contributed by atoms with Crippen molar-refractivity contribution < 1.29 is 28.9 Å². The molecule has 0 aliphatic carbocycles. The minimum atomic E-state index is -3.05. The van der Waals surface area contributed by atoms with Crippen molar-refractivity contribution in [2.45, 2.75) is 13.3 Å². The van der Waals surface area contributed by atoms with Crippen LogP contribution in [0.2, 0.25) is 0 Å². The van der Waals surface area contributed by atoms with Gasteiger partial charge in [0.15, 0.2) is 0 Å². The molecule has 0 spiro atoms. The summed E-state index contributed by atoms with van der Waals surface area (Å²) >= 11 is 0. The first-order valence-corrected chi connectivity index (χ1v) is 5.92. The third kappa shape index (κ3) is 4.83. The van der Waals surface area contributed by atoms with E-state index in [-0.39, 0.29) is 0 Å². The second kappa shape index (κ2) is 7.58. The van der Waals surface area contributed by atoms with Gasteiger partial charge in [0.25, 0.3) is 0 Å². The summed E-state index contributed by atoms with van der Waals surface area (Å²) in [5, 5.41) is 25.7. The normalized spacial score (nSPS) is 13.2. The Kier molecular flexibility index (Phi) is 7.69. The molecule has 0 fully saturated rings. The first-order valence-electron chi connectivity index (χ1n) is 3.99. The number of aliphatic hydroxyl groups is 3. The maximum absolute atomic E-state index is 8.57. The van der Waals surface area contributed by atoms with Crippen molar-refractivity contribution in [2.24, 2.45) is 0 Å². The van der Waals surface area contributed by atoms with Gasteiger partial charge in [-0.1, -0.05) is 0 Å². The van der Waals surface area contributed by atoms with Crippen LogP contribution in [-0.4, -0.2) is 41.9 Å². The molecule has 0 saturated heterocycles. The molecule has 7 heteroatoms. The van der Waals surface area contributed by atoms with Crippen molar-refractivity contribution >= 4 is 7.94 Å². The van der Waals surface area contributed by atoms with E-state index in [2.05, 4.69) is 0 Å². The van der Waals surface area contributed by atoms with Crippen molar-refractivity contribution in [3.8, 4) is 0 Å². The van der Waals surface area contributed by atoms with E-state index in [0.29, 0.717) is 12.6 Å². The van der Waals surface area contributed by atoms with E-state index in [0.717, 1.165) is 0 Å². The standard InChI is InChI=1S/C6H17O6P/c1-2-3-13(10-4-7,11-5-8)12-6-9/h7-9,13H,2-6H2,1H3. The summed E-state index contributed by atoms with van der Waals surface area (Å²) in [5.41, 5.74) is 0. The van der Waals surface area contributed by atoms with Crippen molar-refractivity contribution in [1.82, 2.24) is 0 Å². The van der Waals surface area contributed by atoms with Crippen LogP contribution in [-0.2, 0) is 13.6 Å². The van der Waals surface area contributed by atoms with Gasteiger partial charge >= 0.3 is 76.7 Å². The van der Waals surface area contributed by atoms with Crippen molar-refractivity contribution in [3.63, 3.8) is 0 Å². The third-order valence-electron chi connectivity index (χ3n) is 1.41.